The molecule has 1 aliphatic rings. The lowest BCUT2D eigenvalue weighted by atomic mass is 10.2. The molecule has 1 aromatic carbocycles. The Morgan fingerprint density at radius 1 is 0.946 bits per heavy atom. The third-order valence-corrected chi connectivity index (χ3v) is 8.18. The quantitative estimate of drug-likeness (QED) is 0.322. The van der Waals surface area contributed by atoms with Gasteiger partial charge in [0, 0.05) is 58.3 Å². The Morgan fingerprint density at radius 3 is 2.14 bits per heavy atom. The number of benzene rings is 1. The second-order valence-corrected chi connectivity index (χ2v) is 10.9. The molecule has 0 radical (unpaired) electrons. The third-order valence-electron chi connectivity index (χ3n) is 6.69. The van der Waals surface area contributed by atoms with Crippen LogP contribution in [0, 0.1) is 0 Å². The first-order valence-corrected chi connectivity index (χ1v) is 13.4. The fourth-order valence-corrected chi connectivity index (χ4v) is 5.71. The van der Waals surface area contributed by atoms with E-state index >= 15 is 0 Å². The Balaban J connectivity index is 1.25. The predicted octanol–water partition coefficient (Wildman–Crippen LogP) is -1.41. The van der Waals surface area contributed by atoms with Gasteiger partial charge in [0.05, 0.1) is 48.7 Å². The van der Waals surface area contributed by atoms with Crippen molar-refractivity contribution >= 4 is 22.0 Å². The number of fused-ring (bicyclic) bond motifs is 1. The van der Waals surface area contributed by atoms with Gasteiger partial charge in [0.1, 0.15) is 5.75 Å². The summed E-state index contributed by atoms with van der Waals surface area (Å²) in [5.74, 6) is 0.855. The van der Waals surface area contributed by atoms with Crippen LogP contribution in [0.5, 0.6) is 5.75 Å². The minimum Gasteiger partial charge on any atom is -0.497 e. The normalized spacial score (nSPS) is 17.6. The van der Waals surface area contributed by atoms with Gasteiger partial charge in [-0.3, -0.25) is 27.9 Å². The zero-order valence-corrected chi connectivity index (χ0v) is 22.1. The lowest BCUT2D eigenvalue weighted by molar-refractivity contribution is 0.0488. The zero-order valence-electron chi connectivity index (χ0n) is 21.3. The van der Waals surface area contributed by atoms with Crippen LogP contribution in [0.2, 0.25) is 0 Å². The summed E-state index contributed by atoms with van der Waals surface area (Å²) in [5.41, 5.74) is -0.309. The molecule has 3 atom stereocenters. The lowest BCUT2D eigenvalue weighted by Gasteiger charge is -2.36. The van der Waals surface area contributed by atoms with E-state index in [9.17, 15) is 24.0 Å². The smallest absolute Gasteiger partial charge is 0.332 e. The number of β-amino-alcohol motifs (C(OH)–C–C–N with tert-alkyl or cyclic N) is 2. The number of aryl methyl sites for hydroxylation is 1. The van der Waals surface area contributed by atoms with Gasteiger partial charge in [0.15, 0.2) is 11.2 Å². The van der Waals surface area contributed by atoms with Crippen LogP contribution in [0.15, 0.2) is 45.1 Å². The van der Waals surface area contributed by atoms with Crippen molar-refractivity contribution in [2.75, 3.05) is 52.1 Å². The minimum absolute atomic E-state index is 0.162. The minimum atomic E-state index is -1.30. The number of ether oxygens (including phenoxy) is 1. The number of piperazine rings is 1. The highest BCUT2D eigenvalue weighted by atomic mass is 32.2. The van der Waals surface area contributed by atoms with E-state index in [0.717, 1.165) is 17.7 Å². The second-order valence-electron chi connectivity index (χ2n) is 9.37. The Kier molecular flexibility index (Phi) is 8.60. The SMILES string of the molecule is COc1ccc(S(=O)CC(O)CN2CCN(CC(O)Cn3cnc4c3c(=O)n(C)c(=O)n4C)CC2)cc1. The van der Waals surface area contributed by atoms with Gasteiger partial charge >= 0.3 is 5.69 Å². The number of hydrogen-bond acceptors (Lipinski definition) is 9. The number of aliphatic hydroxyl groups excluding tert-OH is 2. The maximum absolute atomic E-state index is 12.6. The summed E-state index contributed by atoms with van der Waals surface area (Å²) in [4.78, 5) is 33.8. The number of rotatable bonds is 10. The van der Waals surface area contributed by atoms with E-state index in [4.69, 9.17) is 4.74 Å². The Labute approximate surface area is 216 Å². The molecule has 0 saturated carbocycles. The lowest BCUT2D eigenvalue weighted by Crippen LogP contribution is -2.51. The molecule has 1 fully saturated rings. The van der Waals surface area contributed by atoms with Gasteiger partial charge < -0.3 is 19.5 Å². The maximum atomic E-state index is 12.6. The molecule has 0 aliphatic carbocycles. The molecule has 3 aromatic rings. The van der Waals surface area contributed by atoms with E-state index in [2.05, 4.69) is 14.8 Å². The van der Waals surface area contributed by atoms with Gasteiger partial charge in [0.25, 0.3) is 5.56 Å². The van der Waals surface area contributed by atoms with Crippen molar-refractivity contribution in [1.82, 2.24) is 28.5 Å². The standard InChI is InChI=1S/C24H34N6O6S/c1-26-22-21(23(33)27(2)24(26)34)30(16-25-22)14-17(31)12-28-8-10-29(11-9-28)13-18(32)15-37(35)20-6-4-19(36-3)5-7-20/h4-7,16-18,31-32H,8-15H2,1-3H3. The van der Waals surface area contributed by atoms with E-state index < -0.39 is 34.3 Å². The first-order valence-electron chi connectivity index (χ1n) is 12.1. The number of aliphatic hydroxyl groups is 2. The summed E-state index contributed by atoms with van der Waals surface area (Å²) in [7, 11) is 3.26. The molecule has 0 amide bonds. The molecule has 0 bridgehead atoms. The molecular formula is C24H34N6O6S. The van der Waals surface area contributed by atoms with Crippen molar-refractivity contribution < 1.29 is 19.2 Å². The fourth-order valence-electron chi connectivity index (χ4n) is 4.62. The van der Waals surface area contributed by atoms with Crippen LogP contribution in [0.1, 0.15) is 0 Å². The molecule has 2 N–H and O–H groups in total. The summed E-state index contributed by atoms with van der Waals surface area (Å²) in [6.07, 6.45) is 0.0285. The number of nitrogens with zero attached hydrogens (tertiary/aromatic N) is 6. The number of methoxy groups -OCH3 is 1. The molecule has 202 valence electrons. The first kappa shape index (κ1) is 27.2. The highest BCUT2D eigenvalue weighted by Gasteiger charge is 2.23. The molecule has 3 heterocycles. The third kappa shape index (κ3) is 6.18. The highest BCUT2D eigenvalue weighted by molar-refractivity contribution is 7.85. The van der Waals surface area contributed by atoms with Crippen LogP contribution in [0.3, 0.4) is 0 Å². The Morgan fingerprint density at radius 2 is 1.54 bits per heavy atom. The van der Waals surface area contributed by atoms with Crippen molar-refractivity contribution in [3.63, 3.8) is 0 Å². The Bertz CT molecular complexity index is 1360. The highest BCUT2D eigenvalue weighted by Crippen LogP contribution is 2.15. The monoisotopic (exact) mass is 534 g/mol. The van der Waals surface area contributed by atoms with E-state index in [-0.39, 0.29) is 17.8 Å². The topological polar surface area (TPSA) is 135 Å². The molecule has 3 unspecified atom stereocenters. The average Bonchev–Trinajstić information content (AvgIpc) is 3.30. The summed E-state index contributed by atoms with van der Waals surface area (Å²) < 4.78 is 21.6. The first-order chi connectivity index (χ1) is 17.7. The van der Waals surface area contributed by atoms with Gasteiger partial charge in [-0.25, -0.2) is 9.78 Å². The van der Waals surface area contributed by atoms with Gasteiger partial charge in [-0.1, -0.05) is 0 Å². The number of hydrogen-bond donors (Lipinski definition) is 2. The summed E-state index contributed by atoms with van der Waals surface area (Å²) in [6.45, 7) is 3.90. The van der Waals surface area contributed by atoms with Crippen molar-refractivity contribution in [3.05, 3.63) is 51.4 Å². The summed E-state index contributed by atoms with van der Waals surface area (Å²) in [6, 6.07) is 7.00. The molecule has 4 rings (SSSR count). The van der Waals surface area contributed by atoms with Crippen LogP contribution in [-0.2, 0) is 31.4 Å². The molecule has 37 heavy (non-hydrogen) atoms. The van der Waals surface area contributed by atoms with Crippen molar-refractivity contribution in [2.24, 2.45) is 14.1 Å². The van der Waals surface area contributed by atoms with Crippen LogP contribution in [0.4, 0.5) is 0 Å². The van der Waals surface area contributed by atoms with E-state index in [1.54, 1.807) is 43.0 Å². The van der Waals surface area contributed by atoms with Crippen LogP contribution < -0.4 is 16.0 Å². The largest absolute Gasteiger partial charge is 0.497 e. The number of imidazole rings is 1. The second kappa shape index (κ2) is 11.7. The van der Waals surface area contributed by atoms with Crippen LogP contribution in [-0.4, -0.2) is 107 Å². The molecule has 2 aromatic heterocycles. The van der Waals surface area contributed by atoms with Crippen LogP contribution >= 0.6 is 0 Å². The van der Waals surface area contributed by atoms with E-state index in [1.165, 1.54) is 17.9 Å². The average molecular weight is 535 g/mol. The fraction of sp³-hybridized carbons (Fsp3) is 0.542. The van der Waals surface area contributed by atoms with Gasteiger partial charge in [0.2, 0.25) is 0 Å². The van der Waals surface area contributed by atoms with E-state index in [1.807, 2.05) is 0 Å². The number of aromatic nitrogens is 4. The molecule has 1 aliphatic heterocycles. The van der Waals surface area contributed by atoms with Crippen molar-refractivity contribution in [1.29, 1.82) is 0 Å². The molecule has 13 heteroatoms. The van der Waals surface area contributed by atoms with Gasteiger partial charge in [-0.2, -0.15) is 0 Å². The molecule has 1 saturated heterocycles. The maximum Gasteiger partial charge on any atom is 0.332 e. The van der Waals surface area contributed by atoms with E-state index in [0.29, 0.717) is 42.5 Å². The molecule has 0 spiro atoms. The van der Waals surface area contributed by atoms with Gasteiger partial charge in [-0.05, 0) is 24.3 Å². The Hall–Kier alpha value is -2.84. The zero-order chi connectivity index (χ0) is 26.7. The van der Waals surface area contributed by atoms with Gasteiger partial charge in [-0.15, -0.1) is 0 Å². The van der Waals surface area contributed by atoms with Crippen LogP contribution in [0.25, 0.3) is 11.2 Å². The predicted molar refractivity (Wildman–Crippen MR) is 139 cm³/mol. The van der Waals surface area contributed by atoms with Crippen molar-refractivity contribution in [3.8, 4) is 5.75 Å². The molecule has 12 nitrogen and oxygen atoms in total. The summed E-state index contributed by atoms with van der Waals surface area (Å²) >= 11 is 0. The summed E-state index contributed by atoms with van der Waals surface area (Å²) in [5, 5.41) is 21.2. The van der Waals surface area contributed by atoms with Crippen molar-refractivity contribution in [2.45, 2.75) is 23.6 Å². The molecular weight excluding hydrogens is 500 g/mol.